The molecule has 2 aromatic carbocycles. The predicted octanol–water partition coefficient (Wildman–Crippen LogP) is 4.68. The zero-order valence-corrected chi connectivity index (χ0v) is 17.4. The summed E-state index contributed by atoms with van der Waals surface area (Å²) in [6.45, 7) is 4.72. The zero-order valence-electron chi connectivity index (χ0n) is 16.6. The summed E-state index contributed by atoms with van der Waals surface area (Å²) in [6, 6.07) is 16.9. The van der Waals surface area contributed by atoms with Crippen molar-refractivity contribution < 1.29 is 9.59 Å². The summed E-state index contributed by atoms with van der Waals surface area (Å²) >= 11 is 1.38. The van der Waals surface area contributed by atoms with E-state index in [1.165, 1.54) is 11.8 Å². The molecule has 0 aliphatic heterocycles. The summed E-state index contributed by atoms with van der Waals surface area (Å²) in [5.74, 6) is 1.06. The molecule has 6 nitrogen and oxygen atoms in total. The first kappa shape index (κ1) is 20.8. The largest absolute Gasteiger partial charge is 0.326 e. The third kappa shape index (κ3) is 5.32. The van der Waals surface area contributed by atoms with Crippen molar-refractivity contribution in [3.05, 3.63) is 60.2 Å². The SMILES string of the molecule is CCCC(=O)Nc1ccc(C(=O)CSc2nnc(-c3ccccc3)n2CC)cc1. The number of nitrogens with zero attached hydrogens (tertiary/aromatic N) is 3. The molecule has 0 aliphatic rings. The van der Waals surface area contributed by atoms with Gasteiger partial charge in [0.1, 0.15) is 0 Å². The number of anilines is 1. The van der Waals surface area contributed by atoms with Gasteiger partial charge in [0.05, 0.1) is 5.75 Å². The minimum Gasteiger partial charge on any atom is -0.326 e. The number of amides is 1. The highest BCUT2D eigenvalue weighted by Crippen LogP contribution is 2.24. The number of nitrogens with one attached hydrogen (secondary N) is 1. The predicted molar refractivity (Wildman–Crippen MR) is 116 cm³/mol. The second-order valence-electron chi connectivity index (χ2n) is 6.50. The van der Waals surface area contributed by atoms with Crippen LogP contribution in [0, 0.1) is 0 Å². The molecule has 1 amide bonds. The van der Waals surface area contributed by atoms with Crippen molar-refractivity contribution in [3.8, 4) is 11.4 Å². The van der Waals surface area contributed by atoms with Gasteiger partial charge in [0.15, 0.2) is 16.8 Å². The van der Waals surface area contributed by atoms with Crippen LogP contribution in [0.25, 0.3) is 11.4 Å². The van der Waals surface area contributed by atoms with Gasteiger partial charge >= 0.3 is 0 Å². The second-order valence-corrected chi connectivity index (χ2v) is 7.45. The molecular weight excluding hydrogens is 384 g/mol. The third-order valence-electron chi connectivity index (χ3n) is 4.37. The van der Waals surface area contributed by atoms with Crippen LogP contribution in [0.3, 0.4) is 0 Å². The number of hydrogen-bond acceptors (Lipinski definition) is 5. The Bertz CT molecular complexity index is 968. The van der Waals surface area contributed by atoms with Gasteiger partial charge in [-0.15, -0.1) is 10.2 Å². The zero-order chi connectivity index (χ0) is 20.6. The summed E-state index contributed by atoms with van der Waals surface area (Å²) in [7, 11) is 0. The molecule has 0 aliphatic carbocycles. The number of hydrogen-bond donors (Lipinski definition) is 1. The average molecular weight is 409 g/mol. The highest BCUT2D eigenvalue weighted by atomic mass is 32.2. The first-order valence-electron chi connectivity index (χ1n) is 9.67. The number of aromatic nitrogens is 3. The van der Waals surface area contributed by atoms with Crippen molar-refractivity contribution in [2.45, 2.75) is 38.4 Å². The fourth-order valence-electron chi connectivity index (χ4n) is 2.88. The number of carbonyl (C=O) groups is 2. The lowest BCUT2D eigenvalue weighted by atomic mass is 10.1. The van der Waals surface area contributed by atoms with Gasteiger partial charge in [-0.2, -0.15) is 0 Å². The van der Waals surface area contributed by atoms with E-state index in [-0.39, 0.29) is 17.4 Å². The maximum absolute atomic E-state index is 12.6. The average Bonchev–Trinajstić information content (AvgIpc) is 3.16. The Kier molecular flexibility index (Phi) is 7.19. The summed E-state index contributed by atoms with van der Waals surface area (Å²) in [6.07, 6.45) is 1.29. The topological polar surface area (TPSA) is 76.9 Å². The van der Waals surface area contributed by atoms with Gasteiger partial charge in [-0.3, -0.25) is 9.59 Å². The van der Waals surface area contributed by atoms with Crippen molar-refractivity contribution in [3.63, 3.8) is 0 Å². The molecule has 3 rings (SSSR count). The van der Waals surface area contributed by atoms with Gasteiger partial charge in [-0.1, -0.05) is 49.0 Å². The molecule has 0 atom stereocenters. The molecule has 1 heterocycles. The Hall–Kier alpha value is -2.93. The van der Waals surface area contributed by atoms with Gasteiger partial charge in [-0.05, 0) is 37.6 Å². The fourth-order valence-corrected chi connectivity index (χ4v) is 3.78. The van der Waals surface area contributed by atoms with E-state index in [2.05, 4.69) is 15.5 Å². The molecule has 3 aromatic rings. The maximum atomic E-state index is 12.6. The summed E-state index contributed by atoms with van der Waals surface area (Å²) in [5, 5.41) is 12.1. The van der Waals surface area contributed by atoms with Crippen LogP contribution in [0.2, 0.25) is 0 Å². The van der Waals surface area contributed by atoms with Gasteiger partial charge in [-0.25, -0.2) is 0 Å². The van der Waals surface area contributed by atoms with Gasteiger partial charge in [0.2, 0.25) is 5.91 Å². The Morgan fingerprint density at radius 1 is 1.00 bits per heavy atom. The van der Waals surface area contributed by atoms with Crippen molar-refractivity contribution in [1.82, 2.24) is 14.8 Å². The molecule has 0 unspecified atom stereocenters. The molecule has 29 heavy (non-hydrogen) atoms. The fraction of sp³-hybridized carbons (Fsp3) is 0.273. The molecule has 0 saturated heterocycles. The normalized spacial score (nSPS) is 10.7. The number of carbonyl (C=O) groups excluding carboxylic acids is 2. The van der Waals surface area contributed by atoms with Crippen LogP contribution in [0.1, 0.15) is 37.0 Å². The van der Waals surface area contributed by atoms with Crippen molar-refractivity contribution in [2.24, 2.45) is 0 Å². The van der Waals surface area contributed by atoms with E-state index in [1.807, 2.05) is 48.7 Å². The molecule has 150 valence electrons. The smallest absolute Gasteiger partial charge is 0.224 e. The lowest BCUT2D eigenvalue weighted by molar-refractivity contribution is -0.116. The number of Topliss-reactive ketones (excluding diaryl/α,β-unsaturated/α-hetero) is 1. The number of rotatable bonds is 9. The second kappa shape index (κ2) is 10.0. The Morgan fingerprint density at radius 2 is 1.72 bits per heavy atom. The van der Waals surface area contributed by atoms with E-state index < -0.39 is 0 Å². The van der Waals surface area contributed by atoms with Crippen LogP contribution in [0.5, 0.6) is 0 Å². The number of thioether (sulfide) groups is 1. The molecule has 0 spiro atoms. The Labute approximate surface area is 174 Å². The van der Waals surface area contributed by atoms with Gasteiger partial charge in [0.25, 0.3) is 0 Å². The van der Waals surface area contributed by atoms with E-state index in [0.717, 1.165) is 29.5 Å². The number of benzene rings is 2. The number of ketones is 1. The quantitative estimate of drug-likeness (QED) is 0.411. The molecule has 0 fully saturated rings. The highest BCUT2D eigenvalue weighted by molar-refractivity contribution is 7.99. The van der Waals surface area contributed by atoms with Crippen LogP contribution in [-0.2, 0) is 11.3 Å². The Balaban J connectivity index is 1.64. The van der Waals surface area contributed by atoms with E-state index >= 15 is 0 Å². The summed E-state index contributed by atoms with van der Waals surface area (Å²) < 4.78 is 2.01. The maximum Gasteiger partial charge on any atom is 0.224 e. The van der Waals surface area contributed by atoms with Crippen LogP contribution < -0.4 is 5.32 Å². The molecule has 1 N–H and O–H groups in total. The minimum atomic E-state index is -0.0183. The van der Waals surface area contributed by atoms with Crippen molar-refractivity contribution in [1.29, 1.82) is 0 Å². The van der Waals surface area contributed by atoms with Crippen LogP contribution in [0.4, 0.5) is 5.69 Å². The molecule has 7 heteroatoms. The van der Waals surface area contributed by atoms with Crippen molar-refractivity contribution >= 4 is 29.1 Å². The molecule has 0 saturated carbocycles. The molecule has 1 aromatic heterocycles. The summed E-state index contributed by atoms with van der Waals surface area (Å²) in [4.78, 5) is 24.2. The first-order chi connectivity index (χ1) is 14.1. The van der Waals surface area contributed by atoms with E-state index in [4.69, 9.17) is 0 Å². The third-order valence-corrected chi connectivity index (χ3v) is 5.33. The van der Waals surface area contributed by atoms with Crippen molar-refractivity contribution in [2.75, 3.05) is 11.1 Å². The van der Waals surface area contributed by atoms with Crippen LogP contribution in [-0.4, -0.2) is 32.2 Å². The van der Waals surface area contributed by atoms with Crippen LogP contribution >= 0.6 is 11.8 Å². The van der Waals surface area contributed by atoms with E-state index in [0.29, 0.717) is 17.7 Å². The standard InChI is InChI=1S/C22H24N4O2S/c1-3-8-20(28)23-18-13-11-16(12-14-18)19(27)15-29-22-25-24-21(26(22)4-2)17-9-6-5-7-10-17/h5-7,9-14H,3-4,8,15H2,1-2H3,(H,23,28). The van der Waals surface area contributed by atoms with Gasteiger partial charge in [0, 0.05) is 29.8 Å². The molecule has 0 bridgehead atoms. The minimum absolute atomic E-state index is 0.00773. The van der Waals surface area contributed by atoms with Crippen LogP contribution in [0.15, 0.2) is 59.8 Å². The monoisotopic (exact) mass is 408 g/mol. The summed E-state index contributed by atoms with van der Waals surface area (Å²) in [5.41, 5.74) is 2.31. The van der Waals surface area contributed by atoms with E-state index in [9.17, 15) is 9.59 Å². The highest BCUT2D eigenvalue weighted by Gasteiger charge is 2.15. The van der Waals surface area contributed by atoms with E-state index in [1.54, 1.807) is 24.3 Å². The van der Waals surface area contributed by atoms with Gasteiger partial charge < -0.3 is 9.88 Å². The lowest BCUT2D eigenvalue weighted by Crippen LogP contribution is -2.11. The molecule has 0 radical (unpaired) electrons. The Morgan fingerprint density at radius 3 is 2.38 bits per heavy atom. The first-order valence-corrected chi connectivity index (χ1v) is 10.7. The molecular formula is C22H24N4O2S. The lowest BCUT2D eigenvalue weighted by Gasteiger charge is -2.08.